The molecule has 1 aromatic carbocycles. The third kappa shape index (κ3) is 2.51. The summed E-state index contributed by atoms with van der Waals surface area (Å²) in [4.78, 5) is 0. The van der Waals surface area contributed by atoms with Crippen LogP contribution >= 0.6 is 11.6 Å². The van der Waals surface area contributed by atoms with E-state index in [1.54, 1.807) is 0 Å². The van der Waals surface area contributed by atoms with E-state index in [4.69, 9.17) is 17.3 Å². The highest BCUT2D eigenvalue weighted by Crippen LogP contribution is 2.42. The van der Waals surface area contributed by atoms with Crippen molar-refractivity contribution in [1.82, 2.24) is 4.57 Å². The SMILES string of the molecule is Cc1ccc(Cl)cc1-n1c(C)cc2c1CC(C)(C)CC2N. The topological polar surface area (TPSA) is 30.9 Å². The molecule has 0 aliphatic heterocycles. The molecule has 1 heterocycles. The number of rotatable bonds is 1. The Morgan fingerprint density at radius 2 is 1.95 bits per heavy atom. The summed E-state index contributed by atoms with van der Waals surface area (Å²) in [5, 5.41) is 0.775. The monoisotopic (exact) mass is 302 g/mol. The van der Waals surface area contributed by atoms with Crippen LogP contribution in [-0.4, -0.2) is 4.57 Å². The summed E-state index contributed by atoms with van der Waals surface area (Å²) < 4.78 is 2.34. The van der Waals surface area contributed by atoms with Gasteiger partial charge in [-0.3, -0.25) is 0 Å². The van der Waals surface area contributed by atoms with E-state index in [1.165, 1.54) is 28.2 Å². The molecule has 0 spiro atoms. The molecule has 2 N–H and O–H groups in total. The van der Waals surface area contributed by atoms with Crippen molar-refractivity contribution in [2.75, 3.05) is 0 Å². The standard InChI is InChI=1S/C18H23ClN2/c1-11-5-6-13(19)8-16(11)21-12(2)7-14-15(20)9-18(3,4)10-17(14)21/h5-8,15H,9-10,20H2,1-4H3. The van der Waals surface area contributed by atoms with Crippen molar-refractivity contribution in [3.63, 3.8) is 0 Å². The molecule has 0 radical (unpaired) electrons. The molecule has 112 valence electrons. The third-order valence-corrected chi connectivity index (χ3v) is 4.79. The lowest BCUT2D eigenvalue weighted by Gasteiger charge is -2.34. The van der Waals surface area contributed by atoms with Crippen molar-refractivity contribution in [3.8, 4) is 5.69 Å². The Morgan fingerprint density at radius 3 is 2.67 bits per heavy atom. The van der Waals surface area contributed by atoms with Crippen LogP contribution in [0, 0.1) is 19.3 Å². The zero-order chi connectivity index (χ0) is 15.4. The normalized spacial score (nSPS) is 20.4. The maximum atomic E-state index is 6.41. The van der Waals surface area contributed by atoms with Crippen molar-refractivity contribution in [3.05, 3.63) is 51.8 Å². The van der Waals surface area contributed by atoms with Gasteiger partial charge in [-0.1, -0.05) is 31.5 Å². The molecule has 3 rings (SSSR count). The molecule has 0 saturated carbocycles. The lowest BCUT2D eigenvalue weighted by molar-refractivity contribution is 0.278. The summed E-state index contributed by atoms with van der Waals surface area (Å²) in [6, 6.07) is 8.45. The van der Waals surface area contributed by atoms with Crippen LogP contribution in [0.5, 0.6) is 0 Å². The zero-order valence-corrected chi connectivity index (χ0v) is 14.0. The molecule has 2 aromatic rings. The van der Waals surface area contributed by atoms with Gasteiger partial charge in [-0.2, -0.15) is 0 Å². The molecule has 1 aliphatic rings. The van der Waals surface area contributed by atoms with E-state index >= 15 is 0 Å². The summed E-state index contributed by atoms with van der Waals surface area (Å²) in [7, 11) is 0. The van der Waals surface area contributed by atoms with Gasteiger partial charge in [0.1, 0.15) is 0 Å². The molecule has 1 aliphatic carbocycles. The largest absolute Gasteiger partial charge is 0.324 e. The van der Waals surface area contributed by atoms with Gasteiger partial charge >= 0.3 is 0 Å². The van der Waals surface area contributed by atoms with E-state index in [1.807, 2.05) is 6.07 Å². The Labute approximate surface area is 131 Å². The van der Waals surface area contributed by atoms with Crippen LogP contribution in [0.15, 0.2) is 24.3 Å². The maximum absolute atomic E-state index is 6.41. The molecule has 2 nitrogen and oxygen atoms in total. The van der Waals surface area contributed by atoms with Crippen molar-refractivity contribution in [2.45, 2.75) is 46.6 Å². The number of fused-ring (bicyclic) bond motifs is 1. The first-order valence-electron chi connectivity index (χ1n) is 7.52. The smallest absolute Gasteiger partial charge is 0.0499 e. The average molecular weight is 303 g/mol. The van der Waals surface area contributed by atoms with E-state index in [9.17, 15) is 0 Å². The second-order valence-electron chi connectivity index (χ2n) is 7.11. The third-order valence-electron chi connectivity index (χ3n) is 4.55. The predicted octanol–water partition coefficient (Wildman–Crippen LogP) is 4.72. The van der Waals surface area contributed by atoms with Crippen molar-refractivity contribution in [2.24, 2.45) is 11.1 Å². The number of nitrogens with zero attached hydrogens (tertiary/aromatic N) is 1. The molecule has 3 heteroatoms. The Balaban J connectivity index is 2.23. The van der Waals surface area contributed by atoms with Crippen LogP contribution in [0.1, 0.15) is 48.8 Å². The fourth-order valence-corrected chi connectivity index (χ4v) is 3.77. The summed E-state index contributed by atoms with van der Waals surface area (Å²) in [5.41, 5.74) is 12.9. The minimum atomic E-state index is 0.128. The highest BCUT2D eigenvalue weighted by molar-refractivity contribution is 6.30. The van der Waals surface area contributed by atoms with E-state index in [0.29, 0.717) is 0 Å². The van der Waals surface area contributed by atoms with E-state index < -0.39 is 0 Å². The molecule has 1 atom stereocenters. The number of hydrogen-bond acceptors (Lipinski definition) is 1. The highest BCUT2D eigenvalue weighted by Gasteiger charge is 2.33. The molecule has 0 fully saturated rings. The van der Waals surface area contributed by atoms with Gasteiger partial charge in [-0.25, -0.2) is 0 Å². The van der Waals surface area contributed by atoms with E-state index in [0.717, 1.165) is 17.9 Å². The molecular formula is C18H23ClN2. The van der Waals surface area contributed by atoms with Crippen LogP contribution in [-0.2, 0) is 6.42 Å². The first-order valence-corrected chi connectivity index (χ1v) is 7.89. The number of hydrogen-bond donors (Lipinski definition) is 1. The predicted molar refractivity (Wildman–Crippen MR) is 89.3 cm³/mol. The lowest BCUT2D eigenvalue weighted by Crippen LogP contribution is -2.30. The fraction of sp³-hybridized carbons (Fsp3) is 0.444. The molecule has 1 aromatic heterocycles. The van der Waals surface area contributed by atoms with Crippen molar-refractivity contribution >= 4 is 11.6 Å². The second-order valence-corrected chi connectivity index (χ2v) is 7.54. The van der Waals surface area contributed by atoms with Gasteiger partial charge < -0.3 is 10.3 Å². The summed E-state index contributed by atoms with van der Waals surface area (Å²) in [6.45, 7) is 8.88. The summed E-state index contributed by atoms with van der Waals surface area (Å²) >= 11 is 6.22. The number of aromatic nitrogens is 1. The highest BCUT2D eigenvalue weighted by atomic mass is 35.5. The number of benzene rings is 1. The van der Waals surface area contributed by atoms with Gasteiger partial charge in [-0.15, -0.1) is 0 Å². The van der Waals surface area contributed by atoms with Gasteiger partial charge in [0.2, 0.25) is 0 Å². The summed E-state index contributed by atoms with van der Waals surface area (Å²) in [5.74, 6) is 0. The fourth-order valence-electron chi connectivity index (χ4n) is 3.61. The van der Waals surface area contributed by atoms with Gasteiger partial charge in [0.25, 0.3) is 0 Å². The van der Waals surface area contributed by atoms with Crippen LogP contribution in [0.3, 0.4) is 0 Å². The first-order chi connectivity index (χ1) is 9.78. The Hall–Kier alpha value is -1.25. The van der Waals surface area contributed by atoms with Crippen LogP contribution < -0.4 is 5.73 Å². The van der Waals surface area contributed by atoms with Gasteiger partial charge in [0.05, 0.1) is 0 Å². The first kappa shape index (κ1) is 14.7. The van der Waals surface area contributed by atoms with Gasteiger partial charge in [-0.05, 0) is 61.4 Å². The number of halogens is 1. The molecule has 0 amide bonds. The maximum Gasteiger partial charge on any atom is 0.0499 e. The molecule has 0 bridgehead atoms. The van der Waals surface area contributed by atoms with E-state index in [-0.39, 0.29) is 11.5 Å². The molecule has 0 saturated heterocycles. The Morgan fingerprint density at radius 1 is 1.24 bits per heavy atom. The van der Waals surface area contributed by atoms with Crippen LogP contribution in [0.4, 0.5) is 0 Å². The molecule has 21 heavy (non-hydrogen) atoms. The van der Waals surface area contributed by atoms with Crippen LogP contribution in [0.25, 0.3) is 5.69 Å². The number of aryl methyl sites for hydroxylation is 2. The molecule has 1 unspecified atom stereocenters. The quantitative estimate of drug-likeness (QED) is 0.812. The zero-order valence-electron chi connectivity index (χ0n) is 13.2. The molecular weight excluding hydrogens is 280 g/mol. The van der Waals surface area contributed by atoms with Crippen molar-refractivity contribution in [1.29, 1.82) is 0 Å². The Kier molecular flexibility index (Phi) is 3.42. The number of nitrogens with two attached hydrogens (primary N) is 1. The Bertz CT molecular complexity index is 697. The van der Waals surface area contributed by atoms with Crippen molar-refractivity contribution < 1.29 is 0 Å². The lowest BCUT2D eigenvalue weighted by atomic mass is 9.74. The van der Waals surface area contributed by atoms with E-state index in [2.05, 4.69) is 50.5 Å². The summed E-state index contributed by atoms with van der Waals surface area (Å²) in [6.07, 6.45) is 2.09. The van der Waals surface area contributed by atoms with Gasteiger partial charge in [0, 0.05) is 28.1 Å². The van der Waals surface area contributed by atoms with Gasteiger partial charge in [0.15, 0.2) is 0 Å². The minimum absolute atomic E-state index is 0.128. The second kappa shape index (κ2) is 4.89. The minimum Gasteiger partial charge on any atom is -0.324 e. The average Bonchev–Trinajstić information content (AvgIpc) is 2.68. The van der Waals surface area contributed by atoms with Crippen LogP contribution in [0.2, 0.25) is 5.02 Å².